The fourth-order valence-corrected chi connectivity index (χ4v) is 2.97. The Morgan fingerprint density at radius 2 is 2.15 bits per heavy atom. The summed E-state index contributed by atoms with van der Waals surface area (Å²) in [5.41, 5.74) is 2.88. The highest BCUT2D eigenvalue weighted by atomic mass is 16.5. The molecular formula is C17H25NO2. The van der Waals surface area contributed by atoms with Crippen molar-refractivity contribution in [1.82, 2.24) is 5.32 Å². The maximum atomic E-state index is 5.69. The van der Waals surface area contributed by atoms with Gasteiger partial charge in [-0.2, -0.15) is 0 Å². The van der Waals surface area contributed by atoms with E-state index >= 15 is 0 Å². The van der Waals surface area contributed by atoms with Crippen LogP contribution >= 0.6 is 0 Å². The van der Waals surface area contributed by atoms with Gasteiger partial charge in [-0.25, -0.2) is 0 Å². The molecule has 0 bridgehead atoms. The molecule has 1 atom stereocenters. The number of hydrogen-bond acceptors (Lipinski definition) is 3. The molecule has 0 spiro atoms. The number of hydrogen-bond donors (Lipinski definition) is 1. The molecule has 20 heavy (non-hydrogen) atoms. The first-order chi connectivity index (χ1) is 9.86. The Labute approximate surface area is 121 Å². The van der Waals surface area contributed by atoms with Gasteiger partial charge in [0.15, 0.2) is 0 Å². The van der Waals surface area contributed by atoms with Crippen molar-refractivity contribution in [2.45, 2.75) is 38.1 Å². The highest BCUT2D eigenvalue weighted by Gasteiger charge is 2.22. The summed E-state index contributed by atoms with van der Waals surface area (Å²) in [4.78, 5) is 0. The number of aryl methyl sites for hydroxylation is 1. The zero-order valence-electron chi connectivity index (χ0n) is 12.4. The fraction of sp³-hybridized carbons (Fsp3) is 0.647. The summed E-state index contributed by atoms with van der Waals surface area (Å²) in [6.07, 6.45) is 6.38. The third-order valence-electron chi connectivity index (χ3n) is 4.35. The van der Waals surface area contributed by atoms with Gasteiger partial charge in [0.25, 0.3) is 0 Å². The van der Waals surface area contributed by atoms with Crippen molar-refractivity contribution in [3.63, 3.8) is 0 Å². The smallest absolute Gasteiger partial charge is 0.119 e. The maximum absolute atomic E-state index is 5.69. The van der Waals surface area contributed by atoms with Gasteiger partial charge in [0.05, 0.1) is 13.7 Å². The molecular weight excluding hydrogens is 250 g/mol. The van der Waals surface area contributed by atoms with E-state index in [-0.39, 0.29) is 0 Å². The number of nitrogens with one attached hydrogen (secondary N) is 1. The van der Waals surface area contributed by atoms with Crippen molar-refractivity contribution >= 4 is 0 Å². The van der Waals surface area contributed by atoms with Crippen LogP contribution in [0.1, 0.15) is 42.9 Å². The minimum Gasteiger partial charge on any atom is -0.497 e. The van der Waals surface area contributed by atoms with Crippen molar-refractivity contribution in [2.24, 2.45) is 5.92 Å². The van der Waals surface area contributed by atoms with Crippen LogP contribution in [0.25, 0.3) is 0 Å². The SMILES string of the molecule is COc1ccc2c(c1)CCCC2NCCOCC1CC1. The molecule has 1 aromatic carbocycles. The number of ether oxygens (including phenoxy) is 2. The Kier molecular flexibility index (Phi) is 4.58. The van der Waals surface area contributed by atoms with E-state index in [4.69, 9.17) is 9.47 Å². The summed E-state index contributed by atoms with van der Waals surface area (Å²) in [6, 6.07) is 6.96. The van der Waals surface area contributed by atoms with Crippen molar-refractivity contribution < 1.29 is 9.47 Å². The van der Waals surface area contributed by atoms with Crippen LogP contribution in [0.15, 0.2) is 18.2 Å². The molecule has 3 heteroatoms. The molecule has 1 N–H and O–H groups in total. The molecule has 2 aliphatic rings. The second-order valence-corrected chi connectivity index (χ2v) is 5.98. The van der Waals surface area contributed by atoms with Crippen LogP contribution in [0.5, 0.6) is 5.75 Å². The Balaban J connectivity index is 1.50. The predicted molar refractivity (Wildman–Crippen MR) is 80.2 cm³/mol. The van der Waals surface area contributed by atoms with E-state index in [0.29, 0.717) is 6.04 Å². The van der Waals surface area contributed by atoms with Gasteiger partial charge in [-0.1, -0.05) is 6.07 Å². The molecule has 3 rings (SSSR count). The molecule has 1 fully saturated rings. The molecule has 3 nitrogen and oxygen atoms in total. The number of methoxy groups -OCH3 is 1. The summed E-state index contributed by atoms with van der Waals surface area (Å²) in [5.74, 6) is 1.83. The van der Waals surface area contributed by atoms with Crippen LogP contribution in [0.4, 0.5) is 0 Å². The lowest BCUT2D eigenvalue weighted by Gasteiger charge is -2.27. The van der Waals surface area contributed by atoms with Crippen LogP contribution in [-0.2, 0) is 11.2 Å². The monoisotopic (exact) mass is 275 g/mol. The van der Waals surface area contributed by atoms with Crippen LogP contribution in [0, 0.1) is 5.92 Å². The lowest BCUT2D eigenvalue weighted by Crippen LogP contribution is -2.28. The highest BCUT2D eigenvalue weighted by molar-refractivity contribution is 5.39. The summed E-state index contributed by atoms with van der Waals surface area (Å²) < 4.78 is 11.0. The van der Waals surface area contributed by atoms with Crippen LogP contribution in [0.3, 0.4) is 0 Å². The minimum absolute atomic E-state index is 0.481. The quantitative estimate of drug-likeness (QED) is 0.776. The number of benzene rings is 1. The van der Waals surface area contributed by atoms with E-state index < -0.39 is 0 Å². The van der Waals surface area contributed by atoms with Gasteiger partial charge in [-0.15, -0.1) is 0 Å². The normalized spacial score (nSPS) is 21.6. The first-order valence-corrected chi connectivity index (χ1v) is 7.85. The van der Waals surface area contributed by atoms with Gasteiger partial charge in [0.1, 0.15) is 5.75 Å². The zero-order valence-corrected chi connectivity index (χ0v) is 12.4. The maximum Gasteiger partial charge on any atom is 0.119 e. The van der Waals surface area contributed by atoms with Gasteiger partial charge < -0.3 is 14.8 Å². The van der Waals surface area contributed by atoms with Gasteiger partial charge in [0, 0.05) is 19.2 Å². The Morgan fingerprint density at radius 1 is 1.25 bits per heavy atom. The molecule has 0 saturated heterocycles. The number of fused-ring (bicyclic) bond motifs is 1. The lowest BCUT2D eigenvalue weighted by molar-refractivity contribution is 0.123. The predicted octanol–water partition coefficient (Wildman–Crippen LogP) is 3.09. The summed E-state index contributed by atoms with van der Waals surface area (Å²) in [5, 5.41) is 3.64. The van der Waals surface area contributed by atoms with Gasteiger partial charge in [-0.05, 0) is 61.3 Å². The molecule has 0 heterocycles. The molecule has 0 aromatic heterocycles. The minimum atomic E-state index is 0.481. The molecule has 0 aliphatic heterocycles. The summed E-state index contributed by atoms with van der Waals surface area (Å²) >= 11 is 0. The first-order valence-electron chi connectivity index (χ1n) is 7.85. The molecule has 0 radical (unpaired) electrons. The van der Waals surface area contributed by atoms with Crippen LogP contribution in [-0.4, -0.2) is 26.9 Å². The third kappa shape index (κ3) is 3.53. The molecule has 1 aromatic rings. The summed E-state index contributed by atoms with van der Waals surface area (Å²) in [6.45, 7) is 2.74. The van der Waals surface area contributed by atoms with Gasteiger partial charge >= 0.3 is 0 Å². The second kappa shape index (κ2) is 6.59. The number of rotatable bonds is 7. The first kappa shape index (κ1) is 13.9. The Bertz CT molecular complexity index is 443. The molecule has 2 aliphatic carbocycles. The van der Waals surface area contributed by atoms with Crippen LogP contribution in [0.2, 0.25) is 0 Å². The molecule has 1 unspecified atom stereocenters. The van der Waals surface area contributed by atoms with E-state index in [9.17, 15) is 0 Å². The Hall–Kier alpha value is -1.06. The second-order valence-electron chi connectivity index (χ2n) is 5.98. The molecule has 110 valence electrons. The highest BCUT2D eigenvalue weighted by Crippen LogP contribution is 2.32. The zero-order chi connectivity index (χ0) is 13.8. The fourth-order valence-electron chi connectivity index (χ4n) is 2.97. The lowest BCUT2D eigenvalue weighted by atomic mass is 9.87. The van der Waals surface area contributed by atoms with E-state index in [1.807, 2.05) is 0 Å². The van der Waals surface area contributed by atoms with E-state index in [1.54, 1.807) is 7.11 Å². The van der Waals surface area contributed by atoms with E-state index in [2.05, 4.69) is 23.5 Å². The van der Waals surface area contributed by atoms with Gasteiger partial charge in [0.2, 0.25) is 0 Å². The third-order valence-corrected chi connectivity index (χ3v) is 4.35. The summed E-state index contributed by atoms with van der Waals surface area (Å²) in [7, 11) is 1.73. The van der Waals surface area contributed by atoms with Crippen molar-refractivity contribution in [3.05, 3.63) is 29.3 Å². The largest absolute Gasteiger partial charge is 0.497 e. The topological polar surface area (TPSA) is 30.5 Å². The van der Waals surface area contributed by atoms with Crippen molar-refractivity contribution in [2.75, 3.05) is 26.9 Å². The van der Waals surface area contributed by atoms with Crippen molar-refractivity contribution in [3.8, 4) is 5.75 Å². The van der Waals surface area contributed by atoms with Crippen molar-refractivity contribution in [1.29, 1.82) is 0 Å². The average molecular weight is 275 g/mol. The average Bonchev–Trinajstić information content (AvgIpc) is 3.30. The molecule has 1 saturated carbocycles. The standard InChI is InChI=1S/C17H25NO2/c1-19-15-7-8-16-14(11-15)3-2-4-17(16)18-9-10-20-12-13-5-6-13/h7-8,11,13,17-18H,2-6,9-10,12H2,1H3. The van der Waals surface area contributed by atoms with Gasteiger partial charge in [-0.3, -0.25) is 0 Å². The van der Waals surface area contributed by atoms with E-state index in [1.165, 1.54) is 43.2 Å². The molecule has 0 amide bonds. The van der Waals surface area contributed by atoms with E-state index in [0.717, 1.165) is 31.4 Å². The Morgan fingerprint density at radius 3 is 2.95 bits per heavy atom. The van der Waals surface area contributed by atoms with Crippen LogP contribution < -0.4 is 10.1 Å².